The van der Waals surface area contributed by atoms with Gasteiger partial charge in [-0.05, 0) is 20.3 Å². The maximum atomic E-state index is 11.1. The number of hydrogen-bond donors (Lipinski definition) is 0. The summed E-state index contributed by atoms with van der Waals surface area (Å²) in [7, 11) is 0. The van der Waals surface area contributed by atoms with E-state index in [2.05, 4.69) is 13.0 Å². The molecule has 0 rings (SSSR count). The fourth-order valence-corrected chi connectivity index (χ4v) is 1.65. The van der Waals surface area contributed by atoms with Crippen molar-refractivity contribution in [1.82, 2.24) is 0 Å². The molecule has 0 aromatic carbocycles. The molecule has 0 aliphatic carbocycles. The predicted molar refractivity (Wildman–Crippen MR) is 63.6 cm³/mol. The molecule has 0 bridgehead atoms. The van der Waals surface area contributed by atoms with Crippen LogP contribution in [0.1, 0.15) is 59.8 Å². The van der Waals surface area contributed by atoms with Gasteiger partial charge in [-0.15, -0.1) is 0 Å². The SMILES string of the molecule is CCCCCCC(C)([N+](=O)[O-])C(C)(C)C#N. The van der Waals surface area contributed by atoms with Gasteiger partial charge in [0.05, 0.1) is 6.07 Å². The minimum Gasteiger partial charge on any atom is -0.264 e. The summed E-state index contributed by atoms with van der Waals surface area (Å²) in [6, 6.07) is 2.06. The number of unbranched alkanes of at least 4 members (excludes halogenated alkanes) is 3. The fourth-order valence-electron chi connectivity index (χ4n) is 1.65. The third-order valence-corrected chi connectivity index (χ3v) is 3.55. The van der Waals surface area contributed by atoms with Crippen molar-refractivity contribution in [3.8, 4) is 6.07 Å². The molecule has 0 aromatic rings. The molecule has 0 saturated heterocycles. The van der Waals surface area contributed by atoms with E-state index in [9.17, 15) is 10.1 Å². The Kier molecular flexibility index (Phi) is 5.43. The first-order valence-corrected chi connectivity index (χ1v) is 5.87. The molecule has 0 heterocycles. The second-order valence-corrected chi connectivity index (χ2v) is 5.08. The first-order chi connectivity index (χ1) is 7.31. The molecule has 1 atom stereocenters. The smallest absolute Gasteiger partial charge is 0.237 e. The van der Waals surface area contributed by atoms with Gasteiger partial charge in [-0.1, -0.05) is 26.2 Å². The zero-order chi connectivity index (χ0) is 12.8. The van der Waals surface area contributed by atoms with Gasteiger partial charge >= 0.3 is 0 Å². The maximum absolute atomic E-state index is 11.1. The van der Waals surface area contributed by atoms with Crippen molar-refractivity contribution < 1.29 is 4.92 Å². The highest BCUT2D eigenvalue weighted by Gasteiger charge is 2.51. The molecule has 4 nitrogen and oxygen atoms in total. The van der Waals surface area contributed by atoms with E-state index in [1.165, 1.54) is 0 Å². The molecule has 0 amide bonds. The maximum Gasteiger partial charge on any atom is 0.237 e. The third kappa shape index (κ3) is 3.19. The van der Waals surface area contributed by atoms with Gasteiger partial charge in [0.1, 0.15) is 5.41 Å². The van der Waals surface area contributed by atoms with Crippen molar-refractivity contribution in [1.29, 1.82) is 5.26 Å². The van der Waals surface area contributed by atoms with Crippen LogP contribution in [0, 0.1) is 26.9 Å². The van der Waals surface area contributed by atoms with Crippen LogP contribution in [0.4, 0.5) is 0 Å². The second kappa shape index (κ2) is 5.83. The van der Waals surface area contributed by atoms with E-state index < -0.39 is 11.0 Å². The molecule has 16 heavy (non-hydrogen) atoms. The average Bonchev–Trinajstić information content (AvgIpc) is 2.23. The molecule has 1 unspecified atom stereocenters. The summed E-state index contributed by atoms with van der Waals surface area (Å²) in [5.74, 6) is 0. The summed E-state index contributed by atoms with van der Waals surface area (Å²) < 4.78 is 0. The molecule has 0 spiro atoms. The monoisotopic (exact) mass is 226 g/mol. The van der Waals surface area contributed by atoms with Gasteiger partial charge in [0, 0.05) is 18.3 Å². The molecule has 0 radical (unpaired) electrons. The normalized spacial score (nSPS) is 15.2. The van der Waals surface area contributed by atoms with Gasteiger partial charge in [-0.2, -0.15) is 5.26 Å². The number of nitriles is 1. The van der Waals surface area contributed by atoms with E-state index in [4.69, 9.17) is 5.26 Å². The van der Waals surface area contributed by atoms with E-state index in [1.54, 1.807) is 20.8 Å². The topological polar surface area (TPSA) is 66.9 Å². The molecular formula is C12H22N2O2. The minimum absolute atomic E-state index is 0.290. The van der Waals surface area contributed by atoms with Crippen LogP contribution in [-0.2, 0) is 0 Å². The quantitative estimate of drug-likeness (QED) is 0.379. The molecule has 0 fully saturated rings. The molecule has 0 aliphatic heterocycles. The molecule has 0 aromatic heterocycles. The number of rotatable bonds is 7. The Balaban J connectivity index is 4.61. The Morgan fingerprint density at radius 1 is 1.25 bits per heavy atom. The summed E-state index contributed by atoms with van der Waals surface area (Å²) >= 11 is 0. The van der Waals surface area contributed by atoms with Crippen molar-refractivity contribution in [2.75, 3.05) is 0 Å². The Labute approximate surface area is 97.8 Å². The van der Waals surface area contributed by atoms with Gasteiger partial charge in [-0.25, -0.2) is 0 Å². The zero-order valence-corrected chi connectivity index (χ0v) is 10.7. The Morgan fingerprint density at radius 2 is 1.81 bits per heavy atom. The van der Waals surface area contributed by atoms with Crippen LogP contribution in [0.15, 0.2) is 0 Å². The number of hydrogen-bond acceptors (Lipinski definition) is 3. The van der Waals surface area contributed by atoms with Gasteiger partial charge in [-0.3, -0.25) is 10.1 Å². The Hall–Kier alpha value is -1.11. The van der Waals surface area contributed by atoms with Crippen LogP contribution in [0.3, 0.4) is 0 Å². The highest BCUT2D eigenvalue weighted by Crippen LogP contribution is 2.37. The predicted octanol–water partition coefficient (Wildman–Crippen LogP) is 3.54. The lowest BCUT2D eigenvalue weighted by Crippen LogP contribution is -2.48. The number of nitrogens with zero attached hydrogens (tertiary/aromatic N) is 2. The van der Waals surface area contributed by atoms with Crippen molar-refractivity contribution in [3.63, 3.8) is 0 Å². The molecule has 0 N–H and O–H groups in total. The third-order valence-electron chi connectivity index (χ3n) is 3.55. The number of nitro groups is 1. The zero-order valence-electron chi connectivity index (χ0n) is 10.7. The lowest BCUT2D eigenvalue weighted by atomic mass is 9.72. The van der Waals surface area contributed by atoms with Crippen LogP contribution in [0.25, 0.3) is 0 Å². The molecule has 0 saturated carbocycles. The van der Waals surface area contributed by atoms with Crippen molar-refractivity contribution in [3.05, 3.63) is 10.1 Å². The summed E-state index contributed by atoms with van der Waals surface area (Å²) in [6.07, 6.45) is 4.50. The van der Waals surface area contributed by atoms with Crippen LogP contribution >= 0.6 is 0 Å². The highest BCUT2D eigenvalue weighted by molar-refractivity contribution is 5.04. The minimum atomic E-state index is -1.14. The van der Waals surface area contributed by atoms with E-state index in [0.29, 0.717) is 6.42 Å². The van der Waals surface area contributed by atoms with E-state index in [0.717, 1.165) is 25.7 Å². The Bertz CT molecular complexity index is 281. The molecule has 92 valence electrons. The van der Waals surface area contributed by atoms with Crippen LogP contribution in [-0.4, -0.2) is 10.5 Å². The lowest BCUT2D eigenvalue weighted by molar-refractivity contribution is -0.583. The standard InChI is InChI=1S/C12H22N2O2/c1-5-6-7-8-9-12(4,14(15)16)11(2,3)10-13/h5-9H2,1-4H3. The molecular weight excluding hydrogens is 204 g/mol. The molecule has 4 heteroatoms. The van der Waals surface area contributed by atoms with Crippen molar-refractivity contribution >= 4 is 0 Å². The van der Waals surface area contributed by atoms with Crippen molar-refractivity contribution in [2.24, 2.45) is 5.41 Å². The van der Waals surface area contributed by atoms with Crippen LogP contribution < -0.4 is 0 Å². The average molecular weight is 226 g/mol. The summed E-state index contributed by atoms with van der Waals surface area (Å²) in [5.41, 5.74) is -2.07. The van der Waals surface area contributed by atoms with E-state index in [1.807, 2.05) is 0 Å². The lowest BCUT2D eigenvalue weighted by Gasteiger charge is -2.31. The first kappa shape index (κ1) is 14.9. The van der Waals surface area contributed by atoms with Gasteiger partial charge in [0.2, 0.25) is 5.54 Å². The van der Waals surface area contributed by atoms with E-state index in [-0.39, 0.29) is 4.92 Å². The largest absolute Gasteiger partial charge is 0.264 e. The van der Waals surface area contributed by atoms with Crippen LogP contribution in [0.5, 0.6) is 0 Å². The van der Waals surface area contributed by atoms with E-state index >= 15 is 0 Å². The Morgan fingerprint density at radius 3 is 2.19 bits per heavy atom. The second-order valence-electron chi connectivity index (χ2n) is 5.08. The molecule has 0 aliphatic rings. The summed E-state index contributed by atoms with van der Waals surface area (Å²) in [6.45, 7) is 6.99. The highest BCUT2D eigenvalue weighted by atomic mass is 16.6. The first-order valence-electron chi connectivity index (χ1n) is 5.87. The van der Waals surface area contributed by atoms with Gasteiger partial charge in [0.15, 0.2) is 0 Å². The van der Waals surface area contributed by atoms with Gasteiger partial charge < -0.3 is 0 Å². The van der Waals surface area contributed by atoms with Crippen molar-refractivity contribution in [2.45, 2.75) is 65.3 Å². The fraction of sp³-hybridized carbons (Fsp3) is 0.917. The summed E-state index contributed by atoms with van der Waals surface area (Å²) in [5, 5.41) is 20.2. The van der Waals surface area contributed by atoms with Crippen LogP contribution in [0.2, 0.25) is 0 Å². The van der Waals surface area contributed by atoms with Gasteiger partial charge in [0.25, 0.3) is 0 Å². The summed E-state index contributed by atoms with van der Waals surface area (Å²) in [4.78, 5) is 10.9.